The number of thiazole rings is 1. The van der Waals surface area contributed by atoms with Crippen LogP contribution >= 0.6 is 23.1 Å². The highest BCUT2D eigenvalue weighted by atomic mass is 32.2. The van der Waals surface area contributed by atoms with Gasteiger partial charge in [-0.05, 0) is 36.2 Å². The van der Waals surface area contributed by atoms with Gasteiger partial charge in [-0.15, -0.1) is 36.3 Å². The average molecular weight is 397 g/mol. The van der Waals surface area contributed by atoms with E-state index in [2.05, 4.69) is 30.5 Å². The summed E-state index contributed by atoms with van der Waals surface area (Å²) in [5.41, 5.74) is 4.53. The van der Waals surface area contributed by atoms with Crippen molar-refractivity contribution >= 4 is 33.3 Å². The minimum Gasteiger partial charge on any atom is -0.406 e. The molecule has 0 saturated carbocycles. The molecule has 0 bridgehead atoms. The Hall–Kier alpha value is -1.73. The molecule has 0 atom stereocenters. The van der Waals surface area contributed by atoms with Gasteiger partial charge in [-0.2, -0.15) is 0 Å². The fourth-order valence-corrected chi connectivity index (χ4v) is 4.58. The normalized spacial score (nSPS) is 12.5. The molecule has 3 aromatic rings. The van der Waals surface area contributed by atoms with Gasteiger partial charge in [-0.1, -0.05) is 32.9 Å². The number of thioether (sulfide) groups is 1. The molecule has 0 fully saturated rings. The first kappa shape index (κ1) is 19.0. The van der Waals surface area contributed by atoms with Gasteiger partial charge in [-0.3, -0.25) is 0 Å². The second kappa shape index (κ2) is 7.12. The van der Waals surface area contributed by atoms with Crippen molar-refractivity contribution in [2.45, 2.75) is 43.2 Å². The molecule has 0 aliphatic heterocycles. The van der Waals surface area contributed by atoms with Crippen molar-refractivity contribution in [2.75, 3.05) is 0 Å². The Morgan fingerprint density at radius 3 is 2.38 bits per heavy atom. The summed E-state index contributed by atoms with van der Waals surface area (Å²) in [5, 5.41) is 0. The molecule has 2 nitrogen and oxygen atoms in total. The molecule has 0 aliphatic rings. The number of benzene rings is 2. The van der Waals surface area contributed by atoms with Crippen LogP contribution in [0.4, 0.5) is 13.2 Å². The van der Waals surface area contributed by atoms with Crippen LogP contribution in [0.3, 0.4) is 0 Å². The minimum absolute atomic E-state index is 0.0481. The van der Waals surface area contributed by atoms with Gasteiger partial charge in [0.05, 0.1) is 15.7 Å². The number of rotatable bonds is 5. The lowest BCUT2D eigenvalue weighted by Gasteiger charge is -2.24. The number of hydrogen-bond acceptors (Lipinski definition) is 4. The number of fused-ring (bicyclic) bond motifs is 1. The molecule has 0 aliphatic carbocycles. The summed E-state index contributed by atoms with van der Waals surface area (Å²) < 4.78 is 42.2. The average Bonchev–Trinajstić information content (AvgIpc) is 3.02. The van der Waals surface area contributed by atoms with Gasteiger partial charge in [0.25, 0.3) is 0 Å². The fourth-order valence-electron chi connectivity index (χ4n) is 2.46. The Morgan fingerprint density at radius 2 is 1.77 bits per heavy atom. The maximum absolute atomic E-state index is 12.4. The first-order chi connectivity index (χ1) is 12.2. The van der Waals surface area contributed by atoms with Crippen molar-refractivity contribution in [2.24, 2.45) is 0 Å². The third-order valence-electron chi connectivity index (χ3n) is 4.08. The summed E-state index contributed by atoms with van der Waals surface area (Å²) in [5.74, 6) is -0.221. The van der Waals surface area contributed by atoms with E-state index in [0.717, 1.165) is 32.7 Å². The van der Waals surface area contributed by atoms with Crippen LogP contribution in [0.15, 0.2) is 46.8 Å². The molecule has 0 N–H and O–H groups in total. The van der Waals surface area contributed by atoms with Crippen molar-refractivity contribution in [1.82, 2.24) is 4.98 Å². The van der Waals surface area contributed by atoms with E-state index in [0.29, 0.717) is 0 Å². The molecular weight excluding hydrogens is 379 g/mol. The van der Waals surface area contributed by atoms with Gasteiger partial charge >= 0.3 is 6.36 Å². The molecule has 0 radical (unpaired) electrons. The quantitative estimate of drug-likeness (QED) is 0.427. The Balaban J connectivity index is 2.06. The van der Waals surface area contributed by atoms with Crippen LogP contribution in [0.1, 0.15) is 27.2 Å². The molecule has 0 unspecified atom stereocenters. The van der Waals surface area contributed by atoms with E-state index < -0.39 is 6.36 Å². The highest BCUT2D eigenvalue weighted by Crippen LogP contribution is 2.44. The van der Waals surface area contributed by atoms with Crippen LogP contribution in [0.25, 0.3) is 21.3 Å². The summed E-state index contributed by atoms with van der Waals surface area (Å²) in [6, 6.07) is 10.1. The SMILES string of the molecule is CCC(C)(C)Sc1ccc2ncsc2c1-c1ccc(OC(F)(F)F)cc1. The third-order valence-corrected chi connectivity index (χ3v) is 6.34. The molecule has 0 saturated heterocycles. The number of nitrogens with zero attached hydrogens (tertiary/aromatic N) is 1. The number of aromatic nitrogens is 1. The summed E-state index contributed by atoms with van der Waals surface area (Å²) in [6.45, 7) is 6.50. The lowest BCUT2D eigenvalue weighted by atomic mass is 10.0. The molecule has 26 heavy (non-hydrogen) atoms. The zero-order valence-corrected chi connectivity index (χ0v) is 16.2. The first-order valence-corrected chi connectivity index (χ1v) is 9.79. The van der Waals surface area contributed by atoms with Crippen LogP contribution in [0.2, 0.25) is 0 Å². The molecule has 2 aromatic carbocycles. The van der Waals surface area contributed by atoms with Crippen LogP contribution in [0.5, 0.6) is 5.75 Å². The van der Waals surface area contributed by atoms with Gasteiger partial charge in [0.2, 0.25) is 0 Å². The van der Waals surface area contributed by atoms with E-state index >= 15 is 0 Å². The maximum atomic E-state index is 12.4. The van der Waals surface area contributed by atoms with E-state index in [4.69, 9.17) is 0 Å². The lowest BCUT2D eigenvalue weighted by molar-refractivity contribution is -0.274. The predicted molar refractivity (Wildman–Crippen MR) is 102 cm³/mol. The molecular formula is C19H18F3NOS2. The van der Waals surface area contributed by atoms with E-state index in [9.17, 15) is 13.2 Å². The van der Waals surface area contributed by atoms with E-state index in [1.165, 1.54) is 23.5 Å². The largest absolute Gasteiger partial charge is 0.573 e. The number of halogens is 3. The molecule has 7 heteroatoms. The van der Waals surface area contributed by atoms with Crippen molar-refractivity contribution in [3.8, 4) is 16.9 Å². The van der Waals surface area contributed by atoms with Crippen LogP contribution in [0, 0.1) is 0 Å². The van der Waals surface area contributed by atoms with Crippen molar-refractivity contribution in [1.29, 1.82) is 0 Å². The van der Waals surface area contributed by atoms with Crippen molar-refractivity contribution in [3.63, 3.8) is 0 Å². The highest BCUT2D eigenvalue weighted by molar-refractivity contribution is 8.00. The molecule has 0 amide bonds. The zero-order valence-electron chi connectivity index (χ0n) is 14.6. The van der Waals surface area contributed by atoms with Gasteiger partial charge in [0, 0.05) is 15.2 Å². The Morgan fingerprint density at radius 1 is 1.08 bits per heavy atom. The third kappa shape index (κ3) is 4.32. The van der Waals surface area contributed by atoms with E-state index in [1.54, 1.807) is 29.4 Å². The monoisotopic (exact) mass is 397 g/mol. The number of ether oxygens (including phenoxy) is 1. The second-order valence-corrected chi connectivity index (χ2v) is 9.03. The van der Waals surface area contributed by atoms with Gasteiger partial charge in [-0.25, -0.2) is 4.98 Å². The number of hydrogen-bond donors (Lipinski definition) is 0. The van der Waals surface area contributed by atoms with Crippen LogP contribution in [-0.2, 0) is 0 Å². The fraction of sp³-hybridized carbons (Fsp3) is 0.316. The number of alkyl halides is 3. The standard InChI is InChI=1S/C19H18F3NOS2/c1-4-18(2,3)26-15-10-9-14-17(25-11-23-14)16(15)12-5-7-13(8-6-12)24-19(20,21)22/h5-11H,4H2,1-3H3. The Kier molecular flexibility index (Phi) is 5.21. The topological polar surface area (TPSA) is 22.1 Å². The molecule has 0 spiro atoms. The van der Waals surface area contributed by atoms with Gasteiger partial charge in [0.15, 0.2) is 0 Å². The first-order valence-electron chi connectivity index (χ1n) is 8.10. The smallest absolute Gasteiger partial charge is 0.406 e. The van der Waals surface area contributed by atoms with Gasteiger partial charge in [0.1, 0.15) is 5.75 Å². The zero-order chi connectivity index (χ0) is 18.9. The summed E-state index contributed by atoms with van der Waals surface area (Å²) in [7, 11) is 0. The minimum atomic E-state index is -4.69. The lowest BCUT2D eigenvalue weighted by Crippen LogP contribution is -2.16. The van der Waals surface area contributed by atoms with E-state index in [-0.39, 0.29) is 10.5 Å². The Labute approximate surface area is 158 Å². The maximum Gasteiger partial charge on any atom is 0.573 e. The van der Waals surface area contributed by atoms with Crippen LogP contribution < -0.4 is 4.74 Å². The molecule has 138 valence electrons. The highest BCUT2D eigenvalue weighted by Gasteiger charge is 2.31. The molecule has 1 aromatic heterocycles. The van der Waals surface area contributed by atoms with Crippen molar-refractivity contribution < 1.29 is 17.9 Å². The van der Waals surface area contributed by atoms with Crippen LogP contribution in [-0.4, -0.2) is 16.1 Å². The molecule has 1 heterocycles. The van der Waals surface area contributed by atoms with E-state index in [1.807, 2.05) is 12.1 Å². The summed E-state index contributed by atoms with van der Waals surface area (Å²) in [6.07, 6.45) is -3.69. The van der Waals surface area contributed by atoms with Crippen molar-refractivity contribution in [3.05, 3.63) is 41.9 Å². The Bertz CT molecular complexity index is 901. The van der Waals surface area contributed by atoms with Gasteiger partial charge < -0.3 is 4.74 Å². The summed E-state index contributed by atoms with van der Waals surface area (Å²) in [4.78, 5) is 5.46. The second-order valence-electron chi connectivity index (χ2n) is 6.43. The molecule has 3 rings (SSSR count). The summed E-state index contributed by atoms with van der Waals surface area (Å²) >= 11 is 3.30. The predicted octanol–water partition coefficient (Wildman–Crippen LogP) is 7.14.